The first-order valence-corrected chi connectivity index (χ1v) is 17.1. The molecule has 0 atom stereocenters. The second-order valence-corrected chi connectivity index (χ2v) is 13.2. The Kier molecular flexibility index (Phi) is 7.83. The standard InChI is InChI=1S/C47H25F5N2/c48-33-18-31(19-34(49)24-33)28-12-14-45-41(22-28)42-23-29(32-20-35(50)25-36(51)21-32)13-15-46(42)54(45)44-11-4-3-9-39(44)37-7-1-2-8-38(37)40-10-5-6-30-16-27(26-53)17-43(52)47(30)40/h1-25H. The fraction of sp³-hybridized carbons (Fsp3) is 0. The van der Waals surface area contributed by atoms with Crippen molar-refractivity contribution in [3.8, 4) is 56.3 Å². The zero-order valence-corrected chi connectivity index (χ0v) is 28.2. The van der Waals surface area contributed by atoms with Crippen molar-refractivity contribution < 1.29 is 22.0 Å². The molecular weight excluding hydrogens is 688 g/mol. The highest BCUT2D eigenvalue weighted by Crippen LogP contribution is 2.43. The first-order chi connectivity index (χ1) is 26.2. The summed E-state index contributed by atoms with van der Waals surface area (Å²) in [6, 6.07) is 43.9. The van der Waals surface area contributed by atoms with Crippen molar-refractivity contribution in [1.82, 2.24) is 4.57 Å². The lowest BCUT2D eigenvalue weighted by Gasteiger charge is -2.18. The van der Waals surface area contributed by atoms with Crippen molar-refractivity contribution in [2.24, 2.45) is 0 Å². The third-order valence-corrected chi connectivity index (χ3v) is 9.87. The summed E-state index contributed by atoms with van der Waals surface area (Å²) < 4.78 is 75.3. The number of aromatic nitrogens is 1. The maximum Gasteiger partial charge on any atom is 0.132 e. The van der Waals surface area contributed by atoms with Gasteiger partial charge in [0.05, 0.1) is 28.4 Å². The van der Waals surface area contributed by atoms with Gasteiger partial charge in [-0.1, -0.05) is 72.8 Å². The summed E-state index contributed by atoms with van der Waals surface area (Å²) >= 11 is 0. The van der Waals surface area contributed by atoms with Gasteiger partial charge in [-0.05, 0) is 111 Å². The molecule has 0 saturated carbocycles. The van der Waals surface area contributed by atoms with Crippen molar-refractivity contribution in [3.05, 3.63) is 186 Å². The molecule has 0 aliphatic carbocycles. The molecule has 54 heavy (non-hydrogen) atoms. The third kappa shape index (κ3) is 5.56. The Balaban J connectivity index is 1.31. The fourth-order valence-corrected chi connectivity index (χ4v) is 7.60. The van der Waals surface area contributed by atoms with Crippen molar-refractivity contribution in [2.45, 2.75) is 0 Å². The van der Waals surface area contributed by atoms with E-state index in [-0.39, 0.29) is 5.56 Å². The van der Waals surface area contributed by atoms with Crippen LogP contribution in [0.4, 0.5) is 22.0 Å². The molecule has 1 aromatic heterocycles. The van der Waals surface area contributed by atoms with Crippen LogP contribution in [0, 0.1) is 40.4 Å². The lowest BCUT2D eigenvalue weighted by Crippen LogP contribution is -1.98. The minimum atomic E-state index is -0.702. The summed E-state index contributed by atoms with van der Waals surface area (Å²) in [6.45, 7) is 0. The first kappa shape index (κ1) is 32.8. The van der Waals surface area contributed by atoms with E-state index in [4.69, 9.17) is 0 Å². The summed E-state index contributed by atoms with van der Waals surface area (Å²) in [5.41, 5.74) is 7.59. The van der Waals surface area contributed by atoms with Crippen molar-refractivity contribution in [2.75, 3.05) is 0 Å². The quantitative estimate of drug-likeness (QED) is 0.163. The van der Waals surface area contributed by atoms with E-state index >= 15 is 4.39 Å². The summed E-state index contributed by atoms with van der Waals surface area (Å²) in [5, 5.41) is 12.0. The normalized spacial score (nSPS) is 11.4. The second-order valence-electron chi connectivity index (χ2n) is 13.2. The smallest absolute Gasteiger partial charge is 0.132 e. The Labute approximate surface area is 306 Å². The monoisotopic (exact) mass is 712 g/mol. The van der Waals surface area contributed by atoms with Gasteiger partial charge in [0.2, 0.25) is 0 Å². The average molecular weight is 713 g/mol. The van der Waals surface area contributed by atoms with Crippen LogP contribution in [0.25, 0.3) is 82.8 Å². The van der Waals surface area contributed by atoms with E-state index in [0.717, 1.165) is 56.3 Å². The Hall–Kier alpha value is -7.04. The first-order valence-electron chi connectivity index (χ1n) is 17.1. The largest absolute Gasteiger partial charge is 0.309 e. The summed E-state index contributed by atoms with van der Waals surface area (Å²) in [6.07, 6.45) is 0. The summed E-state index contributed by atoms with van der Waals surface area (Å²) in [4.78, 5) is 0. The molecule has 2 nitrogen and oxygen atoms in total. The number of halogens is 5. The van der Waals surface area contributed by atoms with E-state index in [0.29, 0.717) is 38.6 Å². The number of hydrogen-bond acceptors (Lipinski definition) is 1. The molecular formula is C47H25F5N2. The number of para-hydroxylation sites is 1. The molecule has 0 amide bonds. The Morgan fingerprint density at radius 3 is 1.48 bits per heavy atom. The third-order valence-electron chi connectivity index (χ3n) is 9.87. The van der Waals surface area contributed by atoms with Gasteiger partial charge < -0.3 is 4.57 Å². The molecule has 8 aromatic carbocycles. The molecule has 0 N–H and O–H groups in total. The van der Waals surface area contributed by atoms with Crippen LogP contribution in [0.1, 0.15) is 5.56 Å². The van der Waals surface area contributed by atoms with Gasteiger partial charge in [0.15, 0.2) is 0 Å². The van der Waals surface area contributed by atoms with E-state index < -0.39 is 29.1 Å². The SMILES string of the molecule is N#Cc1cc(F)c2c(-c3ccccc3-c3ccccc3-n3c4ccc(-c5cc(F)cc(F)c5)cc4c4cc(-c5cc(F)cc(F)c5)ccc43)cccc2c1. The lowest BCUT2D eigenvalue weighted by molar-refractivity contribution is 0.583. The van der Waals surface area contributed by atoms with Crippen LogP contribution in [0.15, 0.2) is 152 Å². The number of nitriles is 1. The lowest BCUT2D eigenvalue weighted by atomic mass is 9.90. The molecule has 9 rings (SSSR count). The van der Waals surface area contributed by atoms with Gasteiger partial charge in [-0.25, -0.2) is 22.0 Å². The van der Waals surface area contributed by atoms with Gasteiger partial charge in [0.25, 0.3) is 0 Å². The number of benzene rings is 8. The van der Waals surface area contributed by atoms with Crippen LogP contribution >= 0.6 is 0 Å². The van der Waals surface area contributed by atoms with Crippen molar-refractivity contribution in [1.29, 1.82) is 5.26 Å². The van der Waals surface area contributed by atoms with Crippen molar-refractivity contribution >= 4 is 32.6 Å². The van der Waals surface area contributed by atoms with Gasteiger partial charge in [-0.2, -0.15) is 5.26 Å². The molecule has 9 aromatic rings. The van der Waals surface area contributed by atoms with E-state index in [1.54, 1.807) is 24.3 Å². The molecule has 0 aliphatic heterocycles. The highest BCUT2D eigenvalue weighted by atomic mass is 19.1. The average Bonchev–Trinajstić information content (AvgIpc) is 3.49. The van der Waals surface area contributed by atoms with Gasteiger partial charge in [0.1, 0.15) is 29.1 Å². The predicted molar refractivity (Wildman–Crippen MR) is 205 cm³/mol. The van der Waals surface area contributed by atoms with Crippen LogP contribution in [0.2, 0.25) is 0 Å². The maximum absolute atomic E-state index is 15.7. The Morgan fingerprint density at radius 1 is 0.426 bits per heavy atom. The number of hydrogen-bond donors (Lipinski definition) is 0. The van der Waals surface area contributed by atoms with Gasteiger partial charge in [-0.15, -0.1) is 0 Å². The molecule has 0 fully saturated rings. The van der Waals surface area contributed by atoms with Crippen LogP contribution in [-0.2, 0) is 0 Å². The molecule has 0 aliphatic rings. The number of fused-ring (bicyclic) bond motifs is 4. The van der Waals surface area contributed by atoms with Gasteiger partial charge in [-0.3, -0.25) is 0 Å². The minimum Gasteiger partial charge on any atom is -0.309 e. The van der Waals surface area contributed by atoms with Crippen LogP contribution < -0.4 is 0 Å². The molecule has 258 valence electrons. The molecule has 0 saturated heterocycles. The van der Waals surface area contributed by atoms with E-state index in [1.807, 2.05) is 91.0 Å². The molecule has 0 unspecified atom stereocenters. The second kappa shape index (κ2) is 12.9. The van der Waals surface area contributed by atoms with Gasteiger partial charge >= 0.3 is 0 Å². The highest BCUT2D eigenvalue weighted by molar-refractivity contribution is 6.12. The highest BCUT2D eigenvalue weighted by Gasteiger charge is 2.20. The Morgan fingerprint density at radius 2 is 0.926 bits per heavy atom. The molecule has 0 bridgehead atoms. The van der Waals surface area contributed by atoms with Crippen molar-refractivity contribution in [3.63, 3.8) is 0 Å². The van der Waals surface area contributed by atoms with Gasteiger partial charge in [0, 0.05) is 33.9 Å². The molecule has 1 heterocycles. The molecule has 0 spiro atoms. The Bertz CT molecular complexity index is 2880. The number of rotatable bonds is 5. The molecule has 0 radical (unpaired) electrons. The summed E-state index contributed by atoms with van der Waals surface area (Å²) in [5.74, 6) is -3.30. The summed E-state index contributed by atoms with van der Waals surface area (Å²) in [7, 11) is 0. The van der Waals surface area contributed by atoms with E-state index in [2.05, 4.69) is 4.57 Å². The number of nitrogens with zero attached hydrogens (tertiary/aromatic N) is 2. The molecule has 7 heteroatoms. The predicted octanol–water partition coefficient (Wildman–Crippen LogP) is 13.2. The minimum absolute atomic E-state index is 0.235. The van der Waals surface area contributed by atoms with Crippen LogP contribution in [0.5, 0.6) is 0 Å². The zero-order valence-electron chi connectivity index (χ0n) is 28.2. The maximum atomic E-state index is 15.7. The van der Waals surface area contributed by atoms with Crippen LogP contribution in [-0.4, -0.2) is 4.57 Å². The fourth-order valence-electron chi connectivity index (χ4n) is 7.60. The van der Waals surface area contributed by atoms with Crippen LogP contribution in [0.3, 0.4) is 0 Å². The zero-order chi connectivity index (χ0) is 37.1. The van der Waals surface area contributed by atoms with E-state index in [9.17, 15) is 22.8 Å². The topological polar surface area (TPSA) is 28.7 Å². The van der Waals surface area contributed by atoms with E-state index in [1.165, 1.54) is 30.3 Å².